The van der Waals surface area contributed by atoms with Crippen LogP contribution in [0.3, 0.4) is 0 Å². The van der Waals surface area contributed by atoms with E-state index in [0.29, 0.717) is 16.5 Å². The van der Waals surface area contributed by atoms with Crippen LogP contribution in [0.1, 0.15) is 36.5 Å². The van der Waals surface area contributed by atoms with E-state index in [2.05, 4.69) is 4.98 Å². The third-order valence-electron chi connectivity index (χ3n) is 5.05. The molecule has 2 atom stereocenters. The standard InChI is InChI=1S/C22H22F3NO/c1-14(2)20(16-10-8-15(3)9-11-16)21(27,22(23,24)25)18-12-13-26-19-7-5-4-6-17(18)19/h4-14,20,27H,1-3H3. The van der Waals surface area contributed by atoms with E-state index in [0.717, 1.165) is 5.56 Å². The lowest BCUT2D eigenvalue weighted by Gasteiger charge is -2.41. The van der Waals surface area contributed by atoms with E-state index >= 15 is 0 Å². The molecular weight excluding hydrogens is 351 g/mol. The van der Waals surface area contributed by atoms with Crippen molar-refractivity contribution in [3.63, 3.8) is 0 Å². The van der Waals surface area contributed by atoms with Crippen LogP contribution in [0.25, 0.3) is 10.9 Å². The summed E-state index contributed by atoms with van der Waals surface area (Å²) in [6.07, 6.45) is -3.54. The van der Waals surface area contributed by atoms with Crippen molar-refractivity contribution in [3.05, 3.63) is 77.5 Å². The number of pyridine rings is 1. The van der Waals surface area contributed by atoms with Crippen LogP contribution in [0.4, 0.5) is 13.2 Å². The van der Waals surface area contributed by atoms with Crippen molar-refractivity contribution in [2.45, 2.75) is 38.5 Å². The second kappa shape index (κ2) is 6.97. The number of aromatic nitrogens is 1. The van der Waals surface area contributed by atoms with Gasteiger partial charge in [0.05, 0.1) is 5.52 Å². The quantitative estimate of drug-likeness (QED) is 0.633. The summed E-state index contributed by atoms with van der Waals surface area (Å²) in [4.78, 5) is 4.15. The van der Waals surface area contributed by atoms with Crippen molar-refractivity contribution in [1.82, 2.24) is 4.98 Å². The van der Waals surface area contributed by atoms with Gasteiger partial charge in [-0.05, 0) is 30.5 Å². The lowest BCUT2D eigenvalue weighted by atomic mass is 9.70. The summed E-state index contributed by atoms with van der Waals surface area (Å²) in [6, 6.07) is 14.7. The average molecular weight is 373 g/mol. The zero-order valence-electron chi connectivity index (χ0n) is 15.5. The smallest absolute Gasteiger partial charge is 0.376 e. The summed E-state index contributed by atoms with van der Waals surface area (Å²) in [5.41, 5.74) is -1.38. The van der Waals surface area contributed by atoms with Gasteiger partial charge in [0.1, 0.15) is 0 Å². The van der Waals surface area contributed by atoms with Gasteiger partial charge in [-0.15, -0.1) is 0 Å². The summed E-state index contributed by atoms with van der Waals surface area (Å²) in [6.45, 7) is 5.27. The predicted octanol–water partition coefficient (Wildman–Crippen LogP) is 5.73. The average Bonchev–Trinajstić information content (AvgIpc) is 2.61. The molecule has 0 aliphatic carbocycles. The predicted molar refractivity (Wildman–Crippen MR) is 100 cm³/mol. The normalized spacial score (nSPS) is 15.7. The molecule has 27 heavy (non-hydrogen) atoms. The van der Waals surface area contributed by atoms with Gasteiger partial charge in [-0.2, -0.15) is 13.2 Å². The maximum Gasteiger partial charge on any atom is 0.422 e. The Kier molecular flexibility index (Phi) is 5.00. The van der Waals surface area contributed by atoms with Gasteiger partial charge in [-0.25, -0.2) is 0 Å². The van der Waals surface area contributed by atoms with Gasteiger partial charge in [0.15, 0.2) is 5.60 Å². The monoisotopic (exact) mass is 373 g/mol. The fraction of sp³-hybridized carbons (Fsp3) is 0.318. The van der Waals surface area contributed by atoms with Crippen LogP contribution in [0.2, 0.25) is 0 Å². The minimum Gasteiger partial charge on any atom is -0.376 e. The Labute approximate surface area is 156 Å². The maximum absolute atomic E-state index is 14.4. The Morgan fingerprint density at radius 3 is 2.15 bits per heavy atom. The molecule has 0 bridgehead atoms. The van der Waals surface area contributed by atoms with Crippen LogP contribution in [0, 0.1) is 12.8 Å². The summed E-state index contributed by atoms with van der Waals surface area (Å²) in [5.74, 6) is -1.62. The van der Waals surface area contributed by atoms with E-state index in [1.165, 1.54) is 12.3 Å². The zero-order valence-corrected chi connectivity index (χ0v) is 15.5. The lowest BCUT2D eigenvalue weighted by Crippen LogP contribution is -2.49. The SMILES string of the molecule is Cc1ccc(C(C(C)C)C(O)(c2ccnc3ccccc23)C(F)(F)F)cc1. The van der Waals surface area contributed by atoms with Crippen LogP contribution >= 0.6 is 0 Å². The van der Waals surface area contributed by atoms with E-state index in [1.54, 1.807) is 62.4 Å². The van der Waals surface area contributed by atoms with Gasteiger partial charge in [-0.1, -0.05) is 61.9 Å². The lowest BCUT2D eigenvalue weighted by molar-refractivity contribution is -0.279. The van der Waals surface area contributed by atoms with Gasteiger partial charge in [0.2, 0.25) is 0 Å². The molecule has 142 valence electrons. The molecule has 0 saturated heterocycles. The third-order valence-corrected chi connectivity index (χ3v) is 5.05. The van der Waals surface area contributed by atoms with E-state index in [4.69, 9.17) is 0 Å². The first kappa shape index (κ1) is 19.4. The minimum absolute atomic E-state index is 0.167. The summed E-state index contributed by atoms with van der Waals surface area (Å²) in [5, 5.41) is 11.6. The summed E-state index contributed by atoms with van der Waals surface area (Å²) in [7, 11) is 0. The molecule has 1 aromatic heterocycles. The number of halogens is 3. The van der Waals surface area contributed by atoms with Gasteiger partial charge < -0.3 is 5.11 Å². The molecule has 3 aromatic rings. The first-order valence-corrected chi connectivity index (χ1v) is 8.86. The molecule has 0 amide bonds. The highest BCUT2D eigenvalue weighted by atomic mass is 19.4. The molecular formula is C22H22F3NO. The van der Waals surface area contributed by atoms with Crippen LogP contribution in [-0.4, -0.2) is 16.3 Å². The van der Waals surface area contributed by atoms with Crippen molar-refractivity contribution < 1.29 is 18.3 Å². The van der Waals surface area contributed by atoms with E-state index in [-0.39, 0.29) is 5.56 Å². The number of nitrogens with zero attached hydrogens (tertiary/aromatic N) is 1. The van der Waals surface area contributed by atoms with Gasteiger partial charge in [-0.3, -0.25) is 4.98 Å². The second-order valence-corrected chi connectivity index (χ2v) is 7.27. The Hall–Kier alpha value is -2.40. The number of hydrogen-bond donors (Lipinski definition) is 1. The van der Waals surface area contributed by atoms with Crippen molar-refractivity contribution >= 4 is 10.9 Å². The van der Waals surface area contributed by atoms with E-state index < -0.39 is 23.6 Å². The van der Waals surface area contributed by atoms with Gasteiger partial charge >= 0.3 is 6.18 Å². The Morgan fingerprint density at radius 2 is 1.56 bits per heavy atom. The zero-order chi connectivity index (χ0) is 19.8. The number of rotatable bonds is 4. The number of para-hydroxylation sites is 1. The number of aliphatic hydroxyl groups is 1. The molecule has 0 aliphatic rings. The Bertz CT molecular complexity index is 929. The third kappa shape index (κ3) is 3.32. The first-order chi connectivity index (χ1) is 12.7. The molecule has 0 spiro atoms. The second-order valence-electron chi connectivity index (χ2n) is 7.27. The number of benzene rings is 2. The molecule has 1 N–H and O–H groups in total. The fourth-order valence-electron chi connectivity index (χ4n) is 3.81. The van der Waals surface area contributed by atoms with Crippen LogP contribution < -0.4 is 0 Å². The maximum atomic E-state index is 14.4. The highest BCUT2D eigenvalue weighted by Crippen LogP contribution is 2.52. The molecule has 0 aliphatic heterocycles. The largest absolute Gasteiger partial charge is 0.422 e. The van der Waals surface area contributed by atoms with E-state index in [9.17, 15) is 18.3 Å². The summed E-state index contributed by atoms with van der Waals surface area (Å²) >= 11 is 0. The van der Waals surface area contributed by atoms with Crippen LogP contribution in [0.5, 0.6) is 0 Å². The van der Waals surface area contributed by atoms with Gasteiger partial charge in [0.25, 0.3) is 0 Å². The fourth-order valence-corrected chi connectivity index (χ4v) is 3.81. The molecule has 1 heterocycles. The first-order valence-electron chi connectivity index (χ1n) is 8.86. The molecule has 2 aromatic carbocycles. The topological polar surface area (TPSA) is 33.1 Å². The molecule has 2 nitrogen and oxygen atoms in total. The van der Waals surface area contributed by atoms with Crippen LogP contribution in [-0.2, 0) is 5.60 Å². The molecule has 0 radical (unpaired) electrons. The van der Waals surface area contributed by atoms with Crippen molar-refractivity contribution in [3.8, 4) is 0 Å². The van der Waals surface area contributed by atoms with Crippen molar-refractivity contribution in [2.24, 2.45) is 5.92 Å². The van der Waals surface area contributed by atoms with Gasteiger partial charge in [0, 0.05) is 23.1 Å². The van der Waals surface area contributed by atoms with Crippen molar-refractivity contribution in [2.75, 3.05) is 0 Å². The van der Waals surface area contributed by atoms with E-state index in [1.807, 2.05) is 6.92 Å². The molecule has 2 unspecified atom stereocenters. The number of aryl methyl sites for hydroxylation is 1. The Morgan fingerprint density at radius 1 is 0.926 bits per heavy atom. The van der Waals surface area contributed by atoms with Crippen molar-refractivity contribution in [1.29, 1.82) is 0 Å². The minimum atomic E-state index is -4.86. The number of hydrogen-bond acceptors (Lipinski definition) is 2. The highest BCUT2D eigenvalue weighted by molar-refractivity contribution is 5.83. The molecule has 5 heteroatoms. The number of alkyl halides is 3. The highest BCUT2D eigenvalue weighted by Gasteiger charge is 2.61. The Balaban J connectivity index is 2.32. The summed E-state index contributed by atoms with van der Waals surface area (Å²) < 4.78 is 43.3. The molecule has 0 fully saturated rings. The number of fused-ring (bicyclic) bond motifs is 1. The van der Waals surface area contributed by atoms with Crippen LogP contribution in [0.15, 0.2) is 60.8 Å². The molecule has 3 rings (SSSR count). The molecule has 0 saturated carbocycles.